The summed E-state index contributed by atoms with van der Waals surface area (Å²) in [6.07, 6.45) is 2.03. The SMILES string of the molecule is CCC(C)c1nc(C(C)CC)n(Cc2ccc(-c3ccccc3C(=O)O)cc2)n1. The number of aromatic nitrogens is 3. The monoisotopic (exact) mass is 391 g/mol. The van der Waals surface area contributed by atoms with E-state index < -0.39 is 5.97 Å². The molecule has 1 heterocycles. The highest BCUT2D eigenvalue weighted by molar-refractivity contribution is 5.95. The Morgan fingerprint density at radius 3 is 2.28 bits per heavy atom. The summed E-state index contributed by atoms with van der Waals surface area (Å²) in [6.45, 7) is 9.33. The molecular formula is C24H29N3O2. The van der Waals surface area contributed by atoms with Gasteiger partial charge in [0, 0.05) is 11.8 Å². The average molecular weight is 392 g/mol. The van der Waals surface area contributed by atoms with Crippen LogP contribution in [0, 0.1) is 0 Å². The molecule has 0 aliphatic rings. The van der Waals surface area contributed by atoms with E-state index in [1.807, 2.05) is 41.1 Å². The van der Waals surface area contributed by atoms with Crippen LogP contribution in [-0.4, -0.2) is 25.8 Å². The van der Waals surface area contributed by atoms with Gasteiger partial charge in [-0.2, -0.15) is 5.10 Å². The zero-order valence-corrected chi connectivity index (χ0v) is 17.6. The van der Waals surface area contributed by atoms with Crippen molar-refractivity contribution in [3.05, 3.63) is 71.3 Å². The van der Waals surface area contributed by atoms with Crippen LogP contribution in [0.5, 0.6) is 0 Å². The first-order chi connectivity index (χ1) is 13.9. The van der Waals surface area contributed by atoms with Gasteiger partial charge in [0.2, 0.25) is 0 Å². The van der Waals surface area contributed by atoms with Crippen molar-refractivity contribution < 1.29 is 9.90 Å². The molecule has 3 rings (SSSR count). The van der Waals surface area contributed by atoms with Crippen LogP contribution in [0.3, 0.4) is 0 Å². The van der Waals surface area contributed by atoms with Crippen molar-refractivity contribution >= 4 is 5.97 Å². The Bertz CT molecular complexity index is 976. The smallest absolute Gasteiger partial charge is 0.336 e. The number of hydrogen-bond donors (Lipinski definition) is 1. The summed E-state index contributed by atoms with van der Waals surface area (Å²) in [5.41, 5.74) is 3.06. The predicted molar refractivity (Wildman–Crippen MR) is 115 cm³/mol. The summed E-state index contributed by atoms with van der Waals surface area (Å²) in [5, 5.41) is 14.2. The Labute approximate surface area is 172 Å². The van der Waals surface area contributed by atoms with Gasteiger partial charge in [-0.15, -0.1) is 0 Å². The fourth-order valence-corrected chi connectivity index (χ4v) is 3.31. The lowest BCUT2D eigenvalue weighted by atomic mass is 9.99. The van der Waals surface area contributed by atoms with Gasteiger partial charge in [0.15, 0.2) is 5.82 Å². The lowest BCUT2D eigenvalue weighted by Gasteiger charge is -2.11. The maximum Gasteiger partial charge on any atom is 0.336 e. The van der Waals surface area contributed by atoms with E-state index >= 15 is 0 Å². The summed E-state index contributed by atoms with van der Waals surface area (Å²) < 4.78 is 2.02. The third kappa shape index (κ3) is 4.56. The van der Waals surface area contributed by atoms with Crippen LogP contribution in [0.15, 0.2) is 48.5 Å². The van der Waals surface area contributed by atoms with Crippen LogP contribution in [0.2, 0.25) is 0 Å². The fourth-order valence-electron chi connectivity index (χ4n) is 3.31. The normalized spacial score (nSPS) is 13.2. The standard InChI is InChI=1S/C24H29N3O2/c1-5-16(3)22-25-23(17(4)6-2)27(26-22)15-18-11-13-19(14-12-18)20-9-7-8-10-21(20)24(28)29/h7-14,16-17H,5-6,15H2,1-4H3,(H,28,29). The van der Waals surface area contributed by atoms with E-state index in [1.54, 1.807) is 12.1 Å². The maximum atomic E-state index is 11.5. The first-order valence-electron chi connectivity index (χ1n) is 10.3. The number of hydrogen-bond acceptors (Lipinski definition) is 3. The molecule has 2 aromatic carbocycles. The molecule has 0 bridgehead atoms. The second kappa shape index (κ2) is 9.03. The second-order valence-corrected chi connectivity index (χ2v) is 7.65. The number of carboxylic acids is 1. The lowest BCUT2D eigenvalue weighted by Crippen LogP contribution is -2.09. The molecule has 1 N–H and O–H groups in total. The number of benzene rings is 2. The molecule has 0 aliphatic heterocycles. The maximum absolute atomic E-state index is 11.5. The Kier molecular flexibility index (Phi) is 6.47. The summed E-state index contributed by atoms with van der Waals surface area (Å²) in [4.78, 5) is 16.3. The van der Waals surface area contributed by atoms with Crippen molar-refractivity contribution in [3.8, 4) is 11.1 Å². The van der Waals surface area contributed by atoms with Crippen molar-refractivity contribution in [2.24, 2.45) is 0 Å². The number of carbonyl (C=O) groups is 1. The topological polar surface area (TPSA) is 68.0 Å². The van der Waals surface area contributed by atoms with E-state index in [0.29, 0.717) is 23.9 Å². The number of rotatable bonds is 8. The lowest BCUT2D eigenvalue weighted by molar-refractivity contribution is 0.0697. The Morgan fingerprint density at radius 1 is 1.00 bits per heavy atom. The fraction of sp³-hybridized carbons (Fsp3) is 0.375. The molecular weight excluding hydrogens is 362 g/mol. The van der Waals surface area contributed by atoms with E-state index in [2.05, 4.69) is 27.7 Å². The molecule has 0 fully saturated rings. The van der Waals surface area contributed by atoms with E-state index in [9.17, 15) is 9.90 Å². The van der Waals surface area contributed by atoms with Gasteiger partial charge >= 0.3 is 5.97 Å². The van der Waals surface area contributed by atoms with E-state index in [-0.39, 0.29) is 0 Å². The summed E-state index contributed by atoms with van der Waals surface area (Å²) in [5.74, 6) is 1.72. The summed E-state index contributed by atoms with van der Waals surface area (Å²) >= 11 is 0. The minimum atomic E-state index is -0.914. The van der Waals surface area contributed by atoms with Gasteiger partial charge in [-0.3, -0.25) is 0 Å². The molecule has 0 aliphatic carbocycles. The summed E-state index contributed by atoms with van der Waals surface area (Å²) in [7, 11) is 0. The molecule has 2 unspecified atom stereocenters. The average Bonchev–Trinajstić information content (AvgIpc) is 3.17. The molecule has 29 heavy (non-hydrogen) atoms. The number of aromatic carboxylic acids is 1. The Balaban J connectivity index is 1.89. The van der Waals surface area contributed by atoms with Gasteiger partial charge < -0.3 is 5.11 Å². The zero-order chi connectivity index (χ0) is 21.0. The highest BCUT2D eigenvalue weighted by atomic mass is 16.4. The van der Waals surface area contributed by atoms with Crippen molar-refractivity contribution in [1.29, 1.82) is 0 Å². The van der Waals surface area contributed by atoms with E-state index in [0.717, 1.165) is 41.2 Å². The molecule has 0 amide bonds. The molecule has 0 spiro atoms. The van der Waals surface area contributed by atoms with E-state index in [4.69, 9.17) is 10.1 Å². The second-order valence-electron chi connectivity index (χ2n) is 7.65. The van der Waals surface area contributed by atoms with Gasteiger partial charge in [0.05, 0.1) is 12.1 Å². The van der Waals surface area contributed by atoms with Gasteiger partial charge in [0.1, 0.15) is 5.82 Å². The van der Waals surface area contributed by atoms with Gasteiger partial charge in [-0.25, -0.2) is 14.5 Å². The first-order valence-corrected chi connectivity index (χ1v) is 10.3. The third-order valence-corrected chi connectivity index (χ3v) is 5.58. The number of carboxylic acid groups (broad SMARTS) is 1. The molecule has 1 aromatic heterocycles. The highest BCUT2D eigenvalue weighted by Crippen LogP contribution is 2.26. The van der Waals surface area contributed by atoms with Crippen LogP contribution in [-0.2, 0) is 6.54 Å². The Hall–Kier alpha value is -2.95. The van der Waals surface area contributed by atoms with Gasteiger partial charge in [-0.05, 0) is 35.6 Å². The molecule has 5 heteroatoms. The quantitative estimate of drug-likeness (QED) is 0.533. The van der Waals surface area contributed by atoms with E-state index in [1.165, 1.54) is 0 Å². The molecule has 2 atom stereocenters. The van der Waals surface area contributed by atoms with Crippen LogP contribution >= 0.6 is 0 Å². The van der Waals surface area contributed by atoms with Crippen molar-refractivity contribution in [2.45, 2.75) is 58.9 Å². The molecule has 0 saturated carbocycles. The minimum Gasteiger partial charge on any atom is -0.478 e. The Morgan fingerprint density at radius 2 is 1.66 bits per heavy atom. The van der Waals surface area contributed by atoms with Crippen molar-refractivity contribution in [1.82, 2.24) is 14.8 Å². The predicted octanol–water partition coefficient (Wildman–Crippen LogP) is 5.72. The third-order valence-electron chi connectivity index (χ3n) is 5.58. The zero-order valence-electron chi connectivity index (χ0n) is 17.6. The molecule has 0 radical (unpaired) electrons. The van der Waals surface area contributed by atoms with Crippen molar-refractivity contribution in [2.75, 3.05) is 0 Å². The van der Waals surface area contributed by atoms with Crippen LogP contribution in [0.1, 0.15) is 79.9 Å². The van der Waals surface area contributed by atoms with Crippen LogP contribution in [0.4, 0.5) is 0 Å². The van der Waals surface area contributed by atoms with Gasteiger partial charge in [-0.1, -0.05) is 70.2 Å². The molecule has 0 saturated heterocycles. The van der Waals surface area contributed by atoms with Crippen LogP contribution < -0.4 is 0 Å². The molecule has 3 aromatic rings. The van der Waals surface area contributed by atoms with Crippen molar-refractivity contribution in [3.63, 3.8) is 0 Å². The largest absolute Gasteiger partial charge is 0.478 e. The first kappa shape index (κ1) is 20.8. The van der Waals surface area contributed by atoms with Gasteiger partial charge in [0.25, 0.3) is 0 Å². The highest BCUT2D eigenvalue weighted by Gasteiger charge is 2.18. The summed E-state index contributed by atoms with van der Waals surface area (Å²) in [6, 6.07) is 15.1. The van der Waals surface area contributed by atoms with Crippen LogP contribution in [0.25, 0.3) is 11.1 Å². The minimum absolute atomic E-state index is 0.314. The number of nitrogens with zero attached hydrogens (tertiary/aromatic N) is 3. The molecule has 152 valence electrons. The molecule has 5 nitrogen and oxygen atoms in total.